The number of nitriles is 1. The van der Waals surface area contributed by atoms with E-state index in [-0.39, 0.29) is 5.91 Å². The number of amides is 1. The van der Waals surface area contributed by atoms with Crippen LogP contribution in [0, 0.1) is 16.7 Å². The van der Waals surface area contributed by atoms with Gasteiger partial charge in [-0.15, -0.1) is 0 Å². The number of halogens is 1. The fraction of sp³-hybridized carbons (Fsp3) is 0.273. The molecule has 76 valence electrons. The Bertz CT molecular complexity index is 429. The highest BCUT2D eigenvalue weighted by molar-refractivity contribution is 9.10. The number of carbonyl (C=O) groups is 1. The van der Waals surface area contributed by atoms with E-state index in [1.165, 1.54) is 0 Å². The van der Waals surface area contributed by atoms with Crippen molar-refractivity contribution in [3.05, 3.63) is 28.7 Å². The minimum Gasteiger partial charge on any atom is -0.325 e. The molecule has 1 aliphatic rings. The number of benzene rings is 1. The van der Waals surface area contributed by atoms with Crippen LogP contribution >= 0.6 is 15.9 Å². The van der Waals surface area contributed by atoms with Crippen molar-refractivity contribution in [2.24, 2.45) is 5.41 Å². The van der Waals surface area contributed by atoms with Gasteiger partial charge in [-0.3, -0.25) is 4.79 Å². The Morgan fingerprint density at radius 2 is 2.00 bits per heavy atom. The average molecular weight is 265 g/mol. The van der Waals surface area contributed by atoms with Gasteiger partial charge in [0.1, 0.15) is 5.41 Å². The molecule has 1 aliphatic carbocycles. The Morgan fingerprint density at radius 1 is 1.40 bits per heavy atom. The third-order valence-electron chi connectivity index (χ3n) is 2.50. The van der Waals surface area contributed by atoms with Gasteiger partial charge in [0.25, 0.3) is 0 Å². The number of hydrogen-bond acceptors (Lipinski definition) is 2. The molecule has 1 aromatic rings. The summed E-state index contributed by atoms with van der Waals surface area (Å²) >= 11 is 3.31. The Labute approximate surface area is 96.2 Å². The van der Waals surface area contributed by atoms with E-state index in [0.717, 1.165) is 10.2 Å². The zero-order valence-corrected chi connectivity index (χ0v) is 9.54. The highest BCUT2D eigenvalue weighted by atomic mass is 79.9. The number of carbonyl (C=O) groups excluding carboxylic acids is 1. The Hall–Kier alpha value is -1.34. The molecule has 2 rings (SSSR count). The molecule has 0 heterocycles. The Kier molecular flexibility index (Phi) is 2.49. The van der Waals surface area contributed by atoms with E-state index >= 15 is 0 Å². The molecular formula is C11H9BrN2O. The van der Waals surface area contributed by atoms with Crippen molar-refractivity contribution in [2.75, 3.05) is 5.32 Å². The summed E-state index contributed by atoms with van der Waals surface area (Å²) in [6.45, 7) is 0. The molecule has 1 amide bonds. The van der Waals surface area contributed by atoms with Crippen LogP contribution in [-0.2, 0) is 4.79 Å². The predicted octanol–water partition coefficient (Wildman–Crippen LogP) is 2.69. The van der Waals surface area contributed by atoms with E-state index < -0.39 is 5.41 Å². The van der Waals surface area contributed by atoms with Gasteiger partial charge in [-0.2, -0.15) is 5.26 Å². The second kappa shape index (κ2) is 3.67. The van der Waals surface area contributed by atoms with Gasteiger partial charge in [-0.1, -0.05) is 15.9 Å². The Balaban J connectivity index is 2.07. The van der Waals surface area contributed by atoms with Gasteiger partial charge in [-0.25, -0.2) is 0 Å². The number of nitrogens with zero attached hydrogens (tertiary/aromatic N) is 1. The van der Waals surface area contributed by atoms with Gasteiger partial charge >= 0.3 is 0 Å². The molecule has 3 nitrogen and oxygen atoms in total. The quantitative estimate of drug-likeness (QED) is 0.893. The standard InChI is InChI=1S/C11H9BrN2O/c12-8-1-3-9(4-2-8)14-10(15)11(7-13)5-6-11/h1-4H,5-6H2,(H,14,15). The summed E-state index contributed by atoms with van der Waals surface area (Å²) in [6, 6.07) is 9.36. The van der Waals surface area contributed by atoms with Gasteiger partial charge in [0, 0.05) is 10.2 Å². The largest absolute Gasteiger partial charge is 0.325 e. The summed E-state index contributed by atoms with van der Waals surface area (Å²) in [4.78, 5) is 11.7. The van der Waals surface area contributed by atoms with Gasteiger partial charge in [0.2, 0.25) is 5.91 Å². The lowest BCUT2D eigenvalue weighted by Crippen LogP contribution is -2.22. The van der Waals surface area contributed by atoms with Crippen LogP contribution in [-0.4, -0.2) is 5.91 Å². The van der Waals surface area contributed by atoms with Crippen molar-refractivity contribution in [1.29, 1.82) is 5.26 Å². The van der Waals surface area contributed by atoms with E-state index in [9.17, 15) is 4.79 Å². The van der Waals surface area contributed by atoms with Crippen molar-refractivity contribution in [1.82, 2.24) is 0 Å². The maximum Gasteiger partial charge on any atom is 0.244 e. The summed E-state index contributed by atoms with van der Waals surface area (Å²) in [5, 5.41) is 11.6. The van der Waals surface area contributed by atoms with Crippen LogP contribution < -0.4 is 5.32 Å². The fourth-order valence-electron chi connectivity index (χ4n) is 1.30. The first-order valence-corrected chi connectivity index (χ1v) is 5.44. The van der Waals surface area contributed by atoms with Crippen LogP contribution in [0.15, 0.2) is 28.7 Å². The van der Waals surface area contributed by atoms with Crippen LogP contribution in [0.5, 0.6) is 0 Å². The first kappa shape index (κ1) is 10.2. The molecule has 0 atom stereocenters. The lowest BCUT2D eigenvalue weighted by Gasteiger charge is -2.07. The minimum absolute atomic E-state index is 0.188. The van der Waals surface area contributed by atoms with E-state index in [4.69, 9.17) is 5.26 Å². The summed E-state index contributed by atoms with van der Waals surface area (Å²) in [7, 11) is 0. The van der Waals surface area contributed by atoms with Crippen LogP contribution in [0.4, 0.5) is 5.69 Å². The Morgan fingerprint density at radius 3 is 2.47 bits per heavy atom. The molecule has 0 radical (unpaired) electrons. The van der Waals surface area contributed by atoms with Crippen molar-refractivity contribution < 1.29 is 4.79 Å². The lowest BCUT2D eigenvalue weighted by molar-refractivity contribution is -0.119. The van der Waals surface area contributed by atoms with Crippen LogP contribution in [0.25, 0.3) is 0 Å². The molecule has 1 fully saturated rings. The van der Waals surface area contributed by atoms with Gasteiger partial charge in [0.05, 0.1) is 6.07 Å². The molecule has 0 spiro atoms. The molecule has 1 aromatic carbocycles. The molecular weight excluding hydrogens is 256 g/mol. The summed E-state index contributed by atoms with van der Waals surface area (Å²) in [5.41, 5.74) is -0.0303. The number of nitrogens with one attached hydrogen (secondary N) is 1. The zero-order chi connectivity index (χ0) is 10.9. The average Bonchev–Trinajstić information content (AvgIpc) is 3.02. The summed E-state index contributed by atoms with van der Waals surface area (Å²) < 4.78 is 0.960. The van der Waals surface area contributed by atoms with Crippen molar-refractivity contribution >= 4 is 27.5 Å². The highest BCUT2D eigenvalue weighted by Gasteiger charge is 2.50. The molecule has 4 heteroatoms. The smallest absolute Gasteiger partial charge is 0.244 e. The molecule has 15 heavy (non-hydrogen) atoms. The molecule has 0 saturated heterocycles. The van der Waals surface area contributed by atoms with Crippen LogP contribution in [0.1, 0.15) is 12.8 Å². The van der Waals surface area contributed by atoms with Crippen molar-refractivity contribution in [3.8, 4) is 6.07 Å². The van der Waals surface area contributed by atoms with E-state index in [0.29, 0.717) is 12.8 Å². The number of rotatable bonds is 2. The van der Waals surface area contributed by atoms with E-state index in [2.05, 4.69) is 27.3 Å². The zero-order valence-electron chi connectivity index (χ0n) is 7.96. The van der Waals surface area contributed by atoms with Crippen molar-refractivity contribution in [2.45, 2.75) is 12.8 Å². The van der Waals surface area contributed by atoms with Gasteiger partial charge in [-0.05, 0) is 37.1 Å². The van der Waals surface area contributed by atoms with Crippen LogP contribution in [0.3, 0.4) is 0 Å². The SMILES string of the molecule is N#CC1(C(=O)Nc2ccc(Br)cc2)CC1. The molecule has 1 saturated carbocycles. The highest BCUT2D eigenvalue weighted by Crippen LogP contribution is 2.45. The summed E-state index contributed by atoms with van der Waals surface area (Å²) in [5.74, 6) is -0.188. The molecule has 0 aromatic heterocycles. The second-order valence-electron chi connectivity index (χ2n) is 3.65. The van der Waals surface area contributed by atoms with Gasteiger partial charge in [0.15, 0.2) is 0 Å². The topological polar surface area (TPSA) is 52.9 Å². The third-order valence-corrected chi connectivity index (χ3v) is 3.03. The third kappa shape index (κ3) is 2.02. The first-order valence-electron chi connectivity index (χ1n) is 4.65. The maximum atomic E-state index is 11.7. The predicted molar refractivity (Wildman–Crippen MR) is 60.1 cm³/mol. The fourth-order valence-corrected chi connectivity index (χ4v) is 1.56. The summed E-state index contributed by atoms with van der Waals surface area (Å²) in [6.07, 6.45) is 1.34. The molecule has 1 N–H and O–H groups in total. The lowest BCUT2D eigenvalue weighted by atomic mass is 10.1. The second-order valence-corrected chi connectivity index (χ2v) is 4.57. The number of anilines is 1. The monoisotopic (exact) mass is 264 g/mol. The molecule has 0 aliphatic heterocycles. The van der Waals surface area contributed by atoms with E-state index in [1.807, 2.05) is 12.1 Å². The van der Waals surface area contributed by atoms with Crippen molar-refractivity contribution in [3.63, 3.8) is 0 Å². The molecule has 0 bridgehead atoms. The molecule has 0 unspecified atom stereocenters. The number of hydrogen-bond donors (Lipinski definition) is 1. The van der Waals surface area contributed by atoms with Crippen LogP contribution in [0.2, 0.25) is 0 Å². The van der Waals surface area contributed by atoms with Gasteiger partial charge < -0.3 is 5.32 Å². The minimum atomic E-state index is -0.757. The van der Waals surface area contributed by atoms with E-state index in [1.54, 1.807) is 12.1 Å². The maximum absolute atomic E-state index is 11.7. The normalized spacial score (nSPS) is 16.5. The first-order chi connectivity index (χ1) is 7.16.